The molecule has 138 valence electrons. The number of aryl methyl sites for hydroxylation is 2. The van der Waals surface area contributed by atoms with E-state index in [0.717, 1.165) is 55.0 Å². The van der Waals surface area contributed by atoms with E-state index >= 15 is 0 Å². The summed E-state index contributed by atoms with van der Waals surface area (Å²) in [4.78, 5) is 15.1. The molecule has 0 bridgehead atoms. The number of hydrogen-bond donors (Lipinski definition) is 1. The Hall–Kier alpha value is -2.04. The van der Waals surface area contributed by atoms with Crippen molar-refractivity contribution in [1.29, 1.82) is 0 Å². The number of ether oxygens (including phenoxy) is 1. The van der Waals surface area contributed by atoms with Crippen LogP contribution >= 0.6 is 11.6 Å². The molecular formula is C21H25ClN2O2. The summed E-state index contributed by atoms with van der Waals surface area (Å²) < 4.78 is 5.44. The molecule has 1 aliphatic rings. The van der Waals surface area contributed by atoms with Crippen LogP contribution in [0.3, 0.4) is 0 Å². The fourth-order valence-corrected chi connectivity index (χ4v) is 3.45. The van der Waals surface area contributed by atoms with Crippen molar-refractivity contribution < 1.29 is 9.53 Å². The van der Waals surface area contributed by atoms with Gasteiger partial charge in [0.15, 0.2) is 0 Å². The minimum Gasteiger partial charge on any atom is -0.378 e. The Morgan fingerprint density at radius 3 is 2.54 bits per heavy atom. The number of hydrogen-bond acceptors (Lipinski definition) is 3. The predicted octanol–water partition coefficient (Wildman–Crippen LogP) is 3.98. The molecule has 0 atom stereocenters. The Kier molecular flexibility index (Phi) is 6.17. The van der Waals surface area contributed by atoms with Gasteiger partial charge in [-0.05, 0) is 54.3 Å². The van der Waals surface area contributed by atoms with Gasteiger partial charge in [0.25, 0.3) is 5.91 Å². The summed E-state index contributed by atoms with van der Waals surface area (Å²) in [5, 5.41) is 3.73. The highest BCUT2D eigenvalue weighted by molar-refractivity contribution is 6.30. The fraction of sp³-hybridized carbons (Fsp3) is 0.381. The molecule has 1 amide bonds. The minimum atomic E-state index is -0.0252. The Labute approximate surface area is 160 Å². The van der Waals surface area contributed by atoms with E-state index in [9.17, 15) is 4.79 Å². The molecule has 2 aromatic rings. The van der Waals surface area contributed by atoms with Crippen molar-refractivity contribution in [3.63, 3.8) is 0 Å². The Balaban J connectivity index is 1.77. The molecule has 1 heterocycles. The largest absolute Gasteiger partial charge is 0.378 e. The maximum atomic E-state index is 12.8. The summed E-state index contributed by atoms with van der Waals surface area (Å²) in [7, 11) is 0. The zero-order chi connectivity index (χ0) is 18.5. The first-order chi connectivity index (χ1) is 12.6. The van der Waals surface area contributed by atoms with Gasteiger partial charge in [-0.1, -0.05) is 30.7 Å². The summed E-state index contributed by atoms with van der Waals surface area (Å²) in [6.07, 6.45) is 0.822. The standard InChI is InChI=1S/C21H25ClN2O2/c1-3-17-13-19(24-8-10-26-11-9-24)12-15(2)20(17)21(25)23-14-16-4-6-18(22)7-5-16/h4-7,12-13H,3,8-11,14H2,1-2H3,(H,23,25). The summed E-state index contributed by atoms with van der Waals surface area (Å²) >= 11 is 5.91. The highest BCUT2D eigenvalue weighted by Crippen LogP contribution is 2.25. The Morgan fingerprint density at radius 2 is 1.88 bits per heavy atom. The highest BCUT2D eigenvalue weighted by Gasteiger charge is 2.18. The topological polar surface area (TPSA) is 41.6 Å². The second-order valence-electron chi connectivity index (χ2n) is 6.56. The third-order valence-electron chi connectivity index (χ3n) is 4.75. The quantitative estimate of drug-likeness (QED) is 0.863. The van der Waals surface area contributed by atoms with Crippen LogP contribution in [0.5, 0.6) is 0 Å². The lowest BCUT2D eigenvalue weighted by Gasteiger charge is -2.30. The molecule has 2 aromatic carbocycles. The molecule has 1 N–H and O–H groups in total. The smallest absolute Gasteiger partial charge is 0.252 e. The van der Waals surface area contributed by atoms with Crippen molar-refractivity contribution in [3.05, 3.63) is 63.7 Å². The first-order valence-corrected chi connectivity index (χ1v) is 9.45. The third kappa shape index (κ3) is 4.37. The van der Waals surface area contributed by atoms with Gasteiger partial charge in [0.2, 0.25) is 0 Å². The monoisotopic (exact) mass is 372 g/mol. The molecule has 26 heavy (non-hydrogen) atoms. The first-order valence-electron chi connectivity index (χ1n) is 9.07. The molecule has 1 saturated heterocycles. The highest BCUT2D eigenvalue weighted by atomic mass is 35.5. The second-order valence-corrected chi connectivity index (χ2v) is 7.00. The van der Waals surface area contributed by atoms with E-state index < -0.39 is 0 Å². The number of nitrogens with one attached hydrogen (secondary N) is 1. The lowest BCUT2D eigenvalue weighted by Crippen LogP contribution is -2.36. The van der Waals surface area contributed by atoms with E-state index in [2.05, 4.69) is 29.3 Å². The summed E-state index contributed by atoms with van der Waals surface area (Å²) in [5.74, 6) is -0.0252. The van der Waals surface area contributed by atoms with Crippen LogP contribution in [0, 0.1) is 6.92 Å². The molecule has 0 spiro atoms. The van der Waals surface area contributed by atoms with E-state index in [1.807, 2.05) is 31.2 Å². The van der Waals surface area contributed by atoms with Gasteiger partial charge in [-0.15, -0.1) is 0 Å². The molecule has 1 aliphatic heterocycles. The normalized spacial score (nSPS) is 14.3. The number of nitrogens with zero attached hydrogens (tertiary/aromatic N) is 1. The number of benzene rings is 2. The van der Waals surface area contributed by atoms with Crippen LogP contribution in [-0.2, 0) is 17.7 Å². The van der Waals surface area contributed by atoms with Gasteiger partial charge in [-0.2, -0.15) is 0 Å². The van der Waals surface area contributed by atoms with Crippen LogP contribution in [0.25, 0.3) is 0 Å². The number of amides is 1. The Morgan fingerprint density at radius 1 is 1.19 bits per heavy atom. The van der Waals surface area contributed by atoms with Crippen LogP contribution in [0.15, 0.2) is 36.4 Å². The average molecular weight is 373 g/mol. The predicted molar refractivity (Wildman–Crippen MR) is 106 cm³/mol. The minimum absolute atomic E-state index is 0.0252. The van der Waals surface area contributed by atoms with Gasteiger partial charge in [-0.25, -0.2) is 0 Å². The van der Waals surface area contributed by atoms with Crippen LogP contribution in [-0.4, -0.2) is 32.2 Å². The molecule has 0 radical (unpaired) electrons. The lowest BCUT2D eigenvalue weighted by atomic mass is 9.97. The molecule has 5 heteroatoms. The van der Waals surface area contributed by atoms with Gasteiger partial charge in [0, 0.05) is 35.9 Å². The van der Waals surface area contributed by atoms with Gasteiger partial charge < -0.3 is 15.0 Å². The maximum absolute atomic E-state index is 12.8. The van der Waals surface area contributed by atoms with Crippen molar-refractivity contribution >= 4 is 23.2 Å². The van der Waals surface area contributed by atoms with Gasteiger partial charge in [-0.3, -0.25) is 4.79 Å². The molecule has 0 saturated carbocycles. The van der Waals surface area contributed by atoms with Gasteiger partial charge in [0.05, 0.1) is 13.2 Å². The average Bonchev–Trinajstić information content (AvgIpc) is 2.67. The molecule has 0 aromatic heterocycles. The van der Waals surface area contributed by atoms with Crippen LogP contribution < -0.4 is 10.2 Å². The zero-order valence-corrected chi connectivity index (χ0v) is 16.1. The van der Waals surface area contributed by atoms with Crippen molar-refractivity contribution in [1.82, 2.24) is 5.32 Å². The number of rotatable bonds is 5. The summed E-state index contributed by atoms with van der Waals surface area (Å²) in [6, 6.07) is 11.8. The SMILES string of the molecule is CCc1cc(N2CCOCC2)cc(C)c1C(=O)NCc1ccc(Cl)cc1. The summed E-state index contributed by atoms with van der Waals surface area (Å²) in [5.41, 5.74) is 5.10. The fourth-order valence-electron chi connectivity index (χ4n) is 3.32. The lowest BCUT2D eigenvalue weighted by molar-refractivity contribution is 0.0949. The van der Waals surface area contributed by atoms with Crippen molar-refractivity contribution in [2.24, 2.45) is 0 Å². The molecule has 4 nitrogen and oxygen atoms in total. The van der Waals surface area contributed by atoms with E-state index in [0.29, 0.717) is 11.6 Å². The third-order valence-corrected chi connectivity index (χ3v) is 5.00. The number of morpholine rings is 1. The number of halogens is 1. The zero-order valence-electron chi connectivity index (χ0n) is 15.3. The Bertz CT molecular complexity index is 768. The van der Waals surface area contributed by atoms with E-state index in [-0.39, 0.29) is 5.91 Å². The van der Waals surface area contributed by atoms with E-state index in [4.69, 9.17) is 16.3 Å². The van der Waals surface area contributed by atoms with Crippen molar-refractivity contribution in [3.8, 4) is 0 Å². The van der Waals surface area contributed by atoms with Crippen molar-refractivity contribution in [2.45, 2.75) is 26.8 Å². The van der Waals surface area contributed by atoms with E-state index in [1.54, 1.807) is 0 Å². The molecular weight excluding hydrogens is 348 g/mol. The molecule has 1 fully saturated rings. The van der Waals surface area contributed by atoms with Gasteiger partial charge in [0.1, 0.15) is 0 Å². The maximum Gasteiger partial charge on any atom is 0.252 e. The van der Waals surface area contributed by atoms with Crippen LogP contribution in [0.1, 0.15) is 34.0 Å². The first kappa shape index (κ1) is 18.7. The number of anilines is 1. The second kappa shape index (κ2) is 8.56. The molecule has 0 unspecified atom stereocenters. The van der Waals surface area contributed by atoms with Crippen molar-refractivity contribution in [2.75, 3.05) is 31.2 Å². The number of carbonyl (C=O) groups is 1. The summed E-state index contributed by atoms with van der Waals surface area (Å²) in [6.45, 7) is 7.89. The van der Waals surface area contributed by atoms with Gasteiger partial charge >= 0.3 is 0 Å². The molecule has 3 rings (SSSR count). The van der Waals surface area contributed by atoms with Crippen LogP contribution in [0.4, 0.5) is 5.69 Å². The number of carbonyl (C=O) groups excluding carboxylic acids is 1. The van der Waals surface area contributed by atoms with E-state index in [1.165, 1.54) is 5.69 Å². The molecule has 0 aliphatic carbocycles. The van der Waals surface area contributed by atoms with Crippen LogP contribution in [0.2, 0.25) is 5.02 Å².